The quantitative estimate of drug-likeness (QED) is 0.635. The lowest BCUT2D eigenvalue weighted by molar-refractivity contribution is 0.0746. The predicted molar refractivity (Wildman–Crippen MR) is 117 cm³/mol. The highest BCUT2D eigenvalue weighted by atomic mass is 32.2. The summed E-state index contributed by atoms with van der Waals surface area (Å²) in [5.74, 6) is -0.0672. The Morgan fingerprint density at radius 2 is 1.66 bits per heavy atom. The fourth-order valence-electron chi connectivity index (χ4n) is 3.34. The number of benzene rings is 2. The maximum atomic E-state index is 12.8. The Bertz CT molecular complexity index is 1100. The number of thiazole rings is 1. The molecule has 3 aromatic rings. The van der Waals surface area contributed by atoms with E-state index in [1.807, 2.05) is 23.1 Å². The number of aromatic nitrogens is 1. The van der Waals surface area contributed by atoms with Crippen LogP contribution in [0.3, 0.4) is 0 Å². The molecule has 4 rings (SSSR count). The number of rotatable bonds is 4. The van der Waals surface area contributed by atoms with Gasteiger partial charge < -0.3 is 9.80 Å². The molecule has 1 aliphatic heterocycles. The molecule has 1 aromatic heterocycles. The van der Waals surface area contributed by atoms with Gasteiger partial charge in [-0.1, -0.05) is 23.5 Å². The number of fused-ring (bicyclic) bond motifs is 1. The molecule has 0 spiro atoms. The highest BCUT2D eigenvalue weighted by Gasteiger charge is 2.25. The van der Waals surface area contributed by atoms with Crippen LogP contribution >= 0.6 is 11.3 Å². The maximum absolute atomic E-state index is 12.8. The highest BCUT2D eigenvalue weighted by Crippen LogP contribution is 2.29. The molecule has 0 radical (unpaired) electrons. The Kier molecular flexibility index (Phi) is 5.31. The molecule has 0 saturated carbocycles. The topological polar surface area (TPSA) is 70.6 Å². The van der Waals surface area contributed by atoms with E-state index in [2.05, 4.69) is 11.0 Å². The second-order valence-corrected chi connectivity index (χ2v) is 10.9. The smallest absolute Gasteiger partial charge is 0.253 e. The highest BCUT2D eigenvalue weighted by molar-refractivity contribution is 7.92. The first-order valence-electron chi connectivity index (χ1n) is 9.60. The van der Waals surface area contributed by atoms with Crippen molar-refractivity contribution in [2.24, 2.45) is 0 Å². The SMILES string of the molecule is CC(C)S(=O)(=O)c1ccc(C(=O)N2CCN(c3nc4ccccc4s3)CC2)cc1. The van der Waals surface area contributed by atoms with Crippen molar-refractivity contribution in [3.8, 4) is 0 Å². The van der Waals surface area contributed by atoms with Gasteiger partial charge in [0.1, 0.15) is 0 Å². The van der Waals surface area contributed by atoms with Crippen LogP contribution in [0.25, 0.3) is 10.2 Å². The van der Waals surface area contributed by atoms with Gasteiger partial charge in [0.25, 0.3) is 5.91 Å². The van der Waals surface area contributed by atoms with Crippen molar-refractivity contribution in [1.29, 1.82) is 0 Å². The standard InChI is InChI=1S/C21H23N3O3S2/c1-15(2)29(26,27)17-9-7-16(8-10-17)20(25)23-11-13-24(14-12-23)21-22-18-5-3-4-6-19(18)28-21/h3-10,15H,11-14H2,1-2H3. The average Bonchev–Trinajstić information content (AvgIpc) is 3.17. The molecule has 0 bridgehead atoms. The lowest BCUT2D eigenvalue weighted by Crippen LogP contribution is -2.48. The van der Waals surface area contributed by atoms with E-state index in [0.717, 1.165) is 28.4 Å². The monoisotopic (exact) mass is 429 g/mol. The Hall–Kier alpha value is -2.45. The van der Waals surface area contributed by atoms with E-state index in [-0.39, 0.29) is 10.8 Å². The van der Waals surface area contributed by atoms with Crippen molar-refractivity contribution in [2.45, 2.75) is 24.0 Å². The molecular weight excluding hydrogens is 406 g/mol. The molecule has 152 valence electrons. The first-order valence-corrected chi connectivity index (χ1v) is 12.0. The molecule has 29 heavy (non-hydrogen) atoms. The molecule has 0 unspecified atom stereocenters. The number of hydrogen-bond acceptors (Lipinski definition) is 6. The minimum absolute atomic E-state index is 0.0672. The zero-order valence-electron chi connectivity index (χ0n) is 16.4. The Morgan fingerprint density at radius 1 is 1.00 bits per heavy atom. The Morgan fingerprint density at radius 3 is 2.28 bits per heavy atom. The molecule has 1 saturated heterocycles. The molecule has 2 heterocycles. The van der Waals surface area contributed by atoms with Gasteiger partial charge in [0, 0.05) is 31.7 Å². The Labute approximate surface area is 174 Å². The number of anilines is 1. The van der Waals surface area contributed by atoms with Crippen molar-refractivity contribution >= 4 is 42.4 Å². The zero-order chi connectivity index (χ0) is 20.6. The third-order valence-electron chi connectivity index (χ3n) is 5.17. The van der Waals surface area contributed by atoms with Crippen molar-refractivity contribution in [3.05, 3.63) is 54.1 Å². The van der Waals surface area contributed by atoms with E-state index in [1.54, 1.807) is 37.3 Å². The Balaban J connectivity index is 1.42. The number of piperazine rings is 1. The molecule has 0 atom stereocenters. The van der Waals surface area contributed by atoms with E-state index in [4.69, 9.17) is 4.98 Å². The van der Waals surface area contributed by atoms with Gasteiger partial charge in [0.15, 0.2) is 15.0 Å². The van der Waals surface area contributed by atoms with Crippen molar-refractivity contribution in [3.63, 3.8) is 0 Å². The van der Waals surface area contributed by atoms with Crippen molar-refractivity contribution in [1.82, 2.24) is 9.88 Å². The van der Waals surface area contributed by atoms with Crippen LogP contribution in [-0.2, 0) is 9.84 Å². The van der Waals surface area contributed by atoms with Gasteiger partial charge in [-0.3, -0.25) is 4.79 Å². The van der Waals surface area contributed by atoms with E-state index < -0.39 is 15.1 Å². The lowest BCUT2D eigenvalue weighted by atomic mass is 10.2. The number of sulfone groups is 1. The van der Waals surface area contributed by atoms with Gasteiger partial charge in [0.2, 0.25) is 0 Å². The molecule has 0 aliphatic carbocycles. The fraction of sp³-hybridized carbons (Fsp3) is 0.333. The summed E-state index contributed by atoms with van der Waals surface area (Å²) in [5.41, 5.74) is 1.52. The summed E-state index contributed by atoms with van der Waals surface area (Å²) in [6, 6.07) is 14.4. The minimum atomic E-state index is -3.33. The first-order chi connectivity index (χ1) is 13.9. The molecule has 8 heteroatoms. The van der Waals surface area contributed by atoms with Crippen LogP contribution < -0.4 is 4.90 Å². The number of carbonyl (C=O) groups is 1. The van der Waals surface area contributed by atoms with Crippen LogP contribution in [0.1, 0.15) is 24.2 Å². The van der Waals surface area contributed by atoms with Gasteiger partial charge in [-0.25, -0.2) is 13.4 Å². The number of amides is 1. The van der Waals surface area contributed by atoms with E-state index in [1.165, 1.54) is 12.1 Å². The molecule has 0 N–H and O–H groups in total. The van der Waals surface area contributed by atoms with Gasteiger partial charge in [0.05, 0.1) is 20.4 Å². The fourth-order valence-corrected chi connectivity index (χ4v) is 5.42. The van der Waals surface area contributed by atoms with Crippen LogP contribution in [0.4, 0.5) is 5.13 Å². The summed E-state index contributed by atoms with van der Waals surface area (Å²) in [7, 11) is -3.33. The molecular formula is C21H23N3O3S2. The second-order valence-electron chi connectivity index (χ2n) is 7.36. The molecule has 6 nitrogen and oxygen atoms in total. The summed E-state index contributed by atoms with van der Waals surface area (Å²) in [6.45, 7) is 5.98. The summed E-state index contributed by atoms with van der Waals surface area (Å²) >= 11 is 1.67. The van der Waals surface area contributed by atoms with Crippen LogP contribution in [0.5, 0.6) is 0 Å². The summed E-state index contributed by atoms with van der Waals surface area (Å²) in [5, 5.41) is 0.501. The molecule has 1 fully saturated rings. The van der Waals surface area contributed by atoms with Gasteiger partial charge in [-0.05, 0) is 50.2 Å². The van der Waals surface area contributed by atoms with Crippen LogP contribution in [0, 0.1) is 0 Å². The largest absolute Gasteiger partial charge is 0.345 e. The van der Waals surface area contributed by atoms with Crippen LogP contribution in [-0.4, -0.2) is 55.6 Å². The lowest BCUT2D eigenvalue weighted by Gasteiger charge is -2.34. The second kappa shape index (κ2) is 7.76. The molecule has 1 amide bonds. The zero-order valence-corrected chi connectivity index (χ0v) is 18.0. The number of nitrogens with zero attached hydrogens (tertiary/aromatic N) is 3. The van der Waals surface area contributed by atoms with Gasteiger partial charge in [-0.15, -0.1) is 0 Å². The van der Waals surface area contributed by atoms with Crippen molar-refractivity contribution in [2.75, 3.05) is 31.1 Å². The first kappa shape index (κ1) is 19.8. The number of carbonyl (C=O) groups excluding carboxylic acids is 1. The van der Waals surface area contributed by atoms with Gasteiger partial charge >= 0.3 is 0 Å². The average molecular weight is 430 g/mol. The molecule has 1 aliphatic rings. The third-order valence-corrected chi connectivity index (χ3v) is 8.44. The third kappa shape index (κ3) is 3.86. The summed E-state index contributed by atoms with van der Waals surface area (Å²) in [4.78, 5) is 21.8. The summed E-state index contributed by atoms with van der Waals surface area (Å²) in [6.07, 6.45) is 0. The number of hydrogen-bond donors (Lipinski definition) is 0. The van der Waals surface area contributed by atoms with E-state index in [0.29, 0.717) is 18.7 Å². The van der Waals surface area contributed by atoms with E-state index >= 15 is 0 Å². The maximum Gasteiger partial charge on any atom is 0.253 e. The minimum Gasteiger partial charge on any atom is -0.345 e. The normalized spacial score (nSPS) is 15.3. The summed E-state index contributed by atoms with van der Waals surface area (Å²) < 4.78 is 25.7. The van der Waals surface area contributed by atoms with E-state index in [9.17, 15) is 13.2 Å². The van der Waals surface area contributed by atoms with Crippen LogP contribution in [0.15, 0.2) is 53.4 Å². The van der Waals surface area contributed by atoms with Crippen molar-refractivity contribution < 1.29 is 13.2 Å². The number of para-hydroxylation sites is 1. The van der Waals surface area contributed by atoms with Crippen LogP contribution in [0.2, 0.25) is 0 Å². The van der Waals surface area contributed by atoms with Gasteiger partial charge in [-0.2, -0.15) is 0 Å². The predicted octanol–water partition coefficient (Wildman–Crippen LogP) is 3.44. The molecule has 2 aromatic carbocycles.